The molecule has 0 radical (unpaired) electrons. The Hall–Kier alpha value is -1.66. The van der Waals surface area contributed by atoms with Crippen molar-refractivity contribution < 1.29 is 14.3 Å². The van der Waals surface area contributed by atoms with Crippen molar-refractivity contribution >= 4 is 5.84 Å². The predicted octanol–water partition coefficient (Wildman–Crippen LogP) is 1.44. The zero-order valence-corrected chi connectivity index (χ0v) is 11.3. The standard InChI is InChI=1S/C14H20FN3O2/c15-12-4-3-11(13(7-12)14(16)18-19)8-17-5-6-20-9-10-1-2-10/h3-4,7,10,17,19H,1-2,5-6,8-9H2,(H2,16,18). The van der Waals surface area contributed by atoms with E-state index in [0.29, 0.717) is 25.3 Å². The number of nitrogens with zero attached hydrogens (tertiary/aromatic N) is 1. The lowest BCUT2D eigenvalue weighted by Crippen LogP contribution is -2.23. The number of nitrogens with one attached hydrogen (secondary N) is 1. The number of hydrogen-bond donors (Lipinski definition) is 3. The van der Waals surface area contributed by atoms with E-state index in [0.717, 1.165) is 18.1 Å². The summed E-state index contributed by atoms with van der Waals surface area (Å²) in [5, 5.41) is 14.8. The highest BCUT2D eigenvalue weighted by Crippen LogP contribution is 2.28. The minimum absolute atomic E-state index is 0.0914. The van der Waals surface area contributed by atoms with E-state index >= 15 is 0 Å². The van der Waals surface area contributed by atoms with Gasteiger partial charge in [-0.05, 0) is 36.5 Å². The molecule has 0 spiro atoms. The van der Waals surface area contributed by atoms with Crippen LogP contribution in [0.15, 0.2) is 23.4 Å². The Morgan fingerprint density at radius 1 is 1.50 bits per heavy atom. The van der Waals surface area contributed by atoms with Crippen LogP contribution in [0.1, 0.15) is 24.0 Å². The van der Waals surface area contributed by atoms with Gasteiger partial charge in [-0.2, -0.15) is 0 Å². The van der Waals surface area contributed by atoms with Crippen LogP contribution in [0, 0.1) is 11.7 Å². The topological polar surface area (TPSA) is 79.9 Å². The molecule has 20 heavy (non-hydrogen) atoms. The van der Waals surface area contributed by atoms with Gasteiger partial charge in [0.15, 0.2) is 5.84 Å². The third-order valence-electron chi connectivity index (χ3n) is 3.24. The van der Waals surface area contributed by atoms with E-state index in [1.165, 1.54) is 25.0 Å². The highest BCUT2D eigenvalue weighted by atomic mass is 19.1. The Bertz CT molecular complexity index is 475. The first kappa shape index (κ1) is 14.7. The Morgan fingerprint density at radius 3 is 3.00 bits per heavy atom. The van der Waals surface area contributed by atoms with Gasteiger partial charge in [-0.25, -0.2) is 4.39 Å². The van der Waals surface area contributed by atoms with Gasteiger partial charge < -0.3 is 21.0 Å². The largest absolute Gasteiger partial charge is 0.409 e. The van der Waals surface area contributed by atoms with Crippen LogP contribution in [0.5, 0.6) is 0 Å². The molecule has 0 aromatic heterocycles. The highest BCUT2D eigenvalue weighted by molar-refractivity contribution is 5.98. The number of oxime groups is 1. The molecule has 0 saturated heterocycles. The molecular formula is C14H20FN3O2. The van der Waals surface area contributed by atoms with Gasteiger partial charge in [0.2, 0.25) is 0 Å². The molecule has 0 heterocycles. The van der Waals surface area contributed by atoms with Gasteiger partial charge in [-0.15, -0.1) is 0 Å². The quantitative estimate of drug-likeness (QED) is 0.221. The van der Waals surface area contributed by atoms with Crippen molar-refractivity contribution in [3.63, 3.8) is 0 Å². The molecule has 0 aliphatic heterocycles. The molecule has 1 saturated carbocycles. The molecule has 0 atom stereocenters. The highest BCUT2D eigenvalue weighted by Gasteiger charge is 2.20. The van der Waals surface area contributed by atoms with Crippen molar-refractivity contribution in [3.8, 4) is 0 Å². The summed E-state index contributed by atoms with van der Waals surface area (Å²) in [6, 6.07) is 4.24. The van der Waals surface area contributed by atoms with E-state index < -0.39 is 5.82 Å². The number of rotatable bonds is 8. The zero-order chi connectivity index (χ0) is 14.4. The van der Waals surface area contributed by atoms with E-state index in [1.54, 1.807) is 6.07 Å². The number of amidine groups is 1. The van der Waals surface area contributed by atoms with Crippen LogP contribution in [0.4, 0.5) is 4.39 Å². The van der Waals surface area contributed by atoms with Crippen LogP contribution in [-0.2, 0) is 11.3 Å². The van der Waals surface area contributed by atoms with Gasteiger partial charge in [0.05, 0.1) is 6.61 Å². The Morgan fingerprint density at radius 2 is 2.30 bits per heavy atom. The summed E-state index contributed by atoms with van der Waals surface area (Å²) in [4.78, 5) is 0. The summed E-state index contributed by atoms with van der Waals surface area (Å²) < 4.78 is 18.7. The maximum absolute atomic E-state index is 13.2. The number of hydrogen-bond acceptors (Lipinski definition) is 4. The van der Waals surface area contributed by atoms with Crippen LogP contribution in [-0.4, -0.2) is 30.8 Å². The van der Waals surface area contributed by atoms with Crippen molar-refractivity contribution in [2.24, 2.45) is 16.8 Å². The minimum Gasteiger partial charge on any atom is -0.409 e. The first-order valence-electron chi connectivity index (χ1n) is 6.75. The van der Waals surface area contributed by atoms with Crippen molar-refractivity contribution in [1.29, 1.82) is 0 Å². The lowest BCUT2D eigenvalue weighted by atomic mass is 10.1. The van der Waals surface area contributed by atoms with Gasteiger partial charge in [0, 0.05) is 25.3 Å². The Kier molecular flexibility index (Phi) is 5.31. The molecule has 4 N–H and O–H groups in total. The average Bonchev–Trinajstić information content (AvgIpc) is 3.27. The molecule has 1 aliphatic rings. The second kappa shape index (κ2) is 7.21. The molecule has 2 rings (SSSR count). The molecule has 110 valence electrons. The van der Waals surface area contributed by atoms with Gasteiger partial charge >= 0.3 is 0 Å². The lowest BCUT2D eigenvalue weighted by Gasteiger charge is -2.10. The minimum atomic E-state index is -0.414. The second-order valence-electron chi connectivity index (χ2n) is 4.98. The van der Waals surface area contributed by atoms with Crippen LogP contribution in [0.2, 0.25) is 0 Å². The summed E-state index contributed by atoms with van der Waals surface area (Å²) in [7, 11) is 0. The third-order valence-corrected chi connectivity index (χ3v) is 3.24. The van der Waals surface area contributed by atoms with Crippen LogP contribution >= 0.6 is 0 Å². The maximum Gasteiger partial charge on any atom is 0.170 e. The number of ether oxygens (including phenoxy) is 1. The normalized spacial score (nSPS) is 15.6. The van der Waals surface area contributed by atoms with Crippen LogP contribution < -0.4 is 11.1 Å². The molecule has 0 amide bonds. The van der Waals surface area contributed by atoms with Crippen molar-refractivity contribution in [2.75, 3.05) is 19.8 Å². The van der Waals surface area contributed by atoms with Gasteiger partial charge in [0.1, 0.15) is 5.82 Å². The summed E-state index contributed by atoms with van der Waals surface area (Å²) >= 11 is 0. The monoisotopic (exact) mass is 281 g/mol. The average molecular weight is 281 g/mol. The number of nitrogens with two attached hydrogens (primary N) is 1. The molecular weight excluding hydrogens is 261 g/mol. The Balaban J connectivity index is 1.78. The molecule has 1 aliphatic carbocycles. The van der Waals surface area contributed by atoms with Gasteiger partial charge in [-0.3, -0.25) is 0 Å². The number of benzene rings is 1. The molecule has 0 unspecified atom stereocenters. The van der Waals surface area contributed by atoms with E-state index in [-0.39, 0.29) is 5.84 Å². The zero-order valence-electron chi connectivity index (χ0n) is 11.3. The first-order valence-corrected chi connectivity index (χ1v) is 6.75. The van der Waals surface area contributed by atoms with Crippen LogP contribution in [0.25, 0.3) is 0 Å². The van der Waals surface area contributed by atoms with E-state index in [9.17, 15) is 4.39 Å². The molecule has 1 aromatic rings. The van der Waals surface area contributed by atoms with E-state index in [4.69, 9.17) is 15.7 Å². The summed E-state index contributed by atoms with van der Waals surface area (Å²) in [5.41, 5.74) is 6.72. The molecule has 6 heteroatoms. The second-order valence-corrected chi connectivity index (χ2v) is 4.98. The van der Waals surface area contributed by atoms with Gasteiger partial charge in [-0.1, -0.05) is 11.2 Å². The summed E-state index contributed by atoms with van der Waals surface area (Å²) in [6.45, 7) is 2.71. The predicted molar refractivity (Wildman–Crippen MR) is 74.2 cm³/mol. The maximum atomic E-state index is 13.2. The first-order chi connectivity index (χ1) is 9.70. The van der Waals surface area contributed by atoms with E-state index in [1.807, 2.05) is 0 Å². The van der Waals surface area contributed by atoms with Crippen molar-refractivity contribution in [1.82, 2.24) is 5.32 Å². The lowest BCUT2D eigenvalue weighted by molar-refractivity contribution is 0.126. The fourth-order valence-corrected chi connectivity index (χ4v) is 1.90. The number of halogens is 1. The van der Waals surface area contributed by atoms with E-state index in [2.05, 4.69) is 10.5 Å². The molecule has 0 bridgehead atoms. The Labute approximate surface area is 117 Å². The SMILES string of the molecule is N/C(=N/O)c1cc(F)ccc1CNCCOCC1CC1. The molecule has 5 nitrogen and oxygen atoms in total. The fourth-order valence-electron chi connectivity index (χ4n) is 1.90. The summed E-state index contributed by atoms with van der Waals surface area (Å²) in [6.07, 6.45) is 2.57. The summed E-state index contributed by atoms with van der Waals surface area (Å²) in [5.74, 6) is 0.258. The third kappa shape index (κ3) is 4.47. The van der Waals surface area contributed by atoms with Crippen LogP contribution in [0.3, 0.4) is 0 Å². The smallest absolute Gasteiger partial charge is 0.170 e. The van der Waals surface area contributed by atoms with Crippen molar-refractivity contribution in [2.45, 2.75) is 19.4 Å². The molecule has 1 fully saturated rings. The van der Waals surface area contributed by atoms with Gasteiger partial charge in [0.25, 0.3) is 0 Å². The molecule has 1 aromatic carbocycles. The van der Waals surface area contributed by atoms with Crippen molar-refractivity contribution in [3.05, 3.63) is 35.1 Å². The fraction of sp³-hybridized carbons (Fsp3) is 0.500.